The normalized spacial score (nSPS) is 14.7. The van der Waals surface area contributed by atoms with Gasteiger partial charge < -0.3 is 15.2 Å². The molecule has 1 aromatic carbocycles. The summed E-state index contributed by atoms with van der Waals surface area (Å²) in [4.78, 5) is 37.4. The van der Waals surface area contributed by atoms with Gasteiger partial charge in [0.25, 0.3) is 4.74 Å². The lowest BCUT2D eigenvalue weighted by molar-refractivity contribution is 0.455. The number of fused-ring (bicyclic) bond motifs is 1. The Morgan fingerprint density at radius 3 is 2.66 bits per heavy atom. The number of rotatable bonds is 5. The van der Waals surface area contributed by atoms with Crippen molar-refractivity contribution in [3.8, 4) is 11.3 Å². The van der Waals surface area contributed by atoms with Crippen molar-refractivity contribution in [3.05, 3.63) is 60.9 Å². The average Bonchev–Trinajstić information content (AvgIpc) is 3.30. The fraction of sp³-hybridized carbons (Fsp3) is 0.348. The van der Waals surface area contributed by atoms with Gasteiger partial charge in [-0.15, -0.1) is 11.3 Å². The van der Waals surface area contributed by atoms with Gasteiger partial charge in [0.1, 0.15) is 11.5 Å². The van der Waals surface area contributed by atoms with E-state index in [0.29, 0.717) is 22.4 Å². The van der Waals surface area contributed by atoms with Crippen LogP contribution >= 0.6 is 22.7 Å². The summed E-state index contributed by atoms with van der Waals surface area (Å²) in [6.45, 7) is 5.35. The van der Waals surface area contributed by atoms with Gasteiger partial charge in [0.05, 0.1) is 22.1 Å². The summed E-state index contributed by atoms with van der Waals surface area (Å²) in [7, 11) is 0. The molecule has 0 radical (unpaired) electrons. The Kier molecular flexibility index (Phi) is 6.43. The SMILES string of the molecule is CC(C)n1c(=O)c(=O)sc2c(F)cc(-c3nc(Nc4nc(C5CCNCC5)cs4)ncc3F)cc21. The van der Waals surface area contributed by atoms with E-state index in [4.69, 9.17) is 0 Å². The summed E-state index contributed by atoms with van der Waals surface area (Å²) in [5.41, 5.74) is 0.477. The van der Waals surface area contributed by atoms with Crippen LogP contribution in [0.2, 0.25) is 0 Å². The van der Waals surface area contributed by atoms with Crippen molar-refractivity contribution in [2.24, 2.45) is 0 Å². The third kappa shape index (κ3) is 4.60. The van der Waals surface area contributed by atoms with E-state index in [1.165, 1.54) is 22.0 Å². The van der Waals surface area contributed by atoms with Gasteiger partial charge in [0.2, 0.25) is 5.95 Å². The van der Waals surface area contributed by atoms with Crippen LogP contribution in [-0.4, -0.2) is 32.6 Å². The molecule has 8 nitrogen and oxygen atoms in total. The third-order valence-corrected chi connectivity index (χ3v) is 7.65. The maximum absolute atomic E-state index is 15.0. The molecule has 182 valence electrons. The summed E-state index contributed by atoms with van der Waals surface area (Å²) in [6, 6.07) is 2.19. The van der Waals surface area contributed by atoms with Gasteiger partial charge in [0, 0.05) is 22.9 Å². The molecule has 0 bridgehead atoms. The van der Waals surface area contributed by atoms with Gasteiger partial charge in [-0.2, -0.15) is 0 Å². The molecule has 2 N–H and O–H groups in total. The number of halogens is 2. The summed E-state index contributed by atoms with van der Waals surface area (Å²) in [5.74, 6) is -0.964. The molecular formula is C23H22F2N6O2S2. The van der Waals surface area contributed by atoms with Crippen LogP contribution in [-0.2, 0) is 0 Å². The molecule has 0 atom stereocenters. The van der Waals surface area contributed by atoms with E-state index in [9.17, 15) is 14.0 Å². The van der Waals surface area contributed by atoms with E-state index in [0.717, 1.165) is 43.9 Å². The largest absolute Gasteiger partial charge is 0.317 e. The standard InChI is InChI=1S/C23H22F2N6O2S2/c1-11(2)31-17-8-13(7-14(24)19(17)35-21(33)20(31)32)18-15(25)9-27-22(29-18)30-23-28-16(10-34-23)12-3-5-26-6-4-12/h7-12,26H,3-6H2,1-2H3,(H,27,28,29,30). The Balaban J connectivity index is 1.52. The number of thiazole rings is 1. The first kappa shape index (κ1) is 23.6. The first-order chi connectivity index (χ1) is 16.8. The van der Waals surface area contributed by atoms with E-state index in [-0.39, 0.29) is 27.4 Å². The Bertz CT molecular complexity index is 1520. The maximum atomic E-state index is 15.0. The van der Waals surface area contributed by atoms with E-state index >= 15 is 4.39 Å². The first-order valence-corrected chi connectivity index (χ1v) is 12.9. The average molecular weight is 517 g/mol. The van der Waals surface area contributed by atoms with Crippen LogP contribution in [0.15, 0.2) is 33.3 Å². The molecule has 12 heteroatoms. The van der Waals surface area contributed by atoms with Crippen molar-refractivity contribution >= 4 is 44.0 Å². The molecule has 1 aliphatic rings. The molecular weight excluding hydrogens is 494 g/mol. The number of nitrogens with zero attached hydrogens (tertiary/aromatic N) is 4. The second-order valence-corrected chi connectivity index (χ2v) is 10.4. The molecule has 4 aromatic rings. The van der Waals surface area contributed by atoms with Crippen molar-refractivity contribution in [2.45, 2.75) is 38.6 Å². The highest BCUT2D eigenvalue weighted by molar-refractivity contribution is 7.16. The summed E-state index contributed by atoms with van der Waals surface area (Å²) in [6.07, 6.45) is 3.04. The molecule has 0 unspecified atom stereocenters. The van der Waals surface area contributed by atoms with Crippen LogP contribution in [0.25, 0.3) is 21.5 Å². The molecule has 1 fully saturated rings. The van der Waals surface area contributed by atoms with Crippen molar-refractivity contribution in [1.82, 2.24) is 24.8 Å². The van der Waals surface area contributed by atoms with E-state index in [1.54, 1.807) is 13.8 Å². The van der Waals surface area contributed by atoms with Gasteiger partial charge in [-0.3, -0.25) is 9.59 Å². The van der Waals surface area contributed by atoms with Gasteiger partial charge in [-0.1, -0.05) is 11.3 Å². The second-order valence-electron chi connectivity index (χ2n) is 8.58. The number of hydrogen-bond donors (Lipinski definition) is 2. The van der Waals surface area contributed by atoms with Crippen molar-refractivity contribution < 1.29 is 8.78 Å². The lowest BCUT2D eigenvalue weighted by Gasteiger charge is -2.20. The smallest absolute Gasteiger partial charge is 0.309 e. The highest BCUT2D eigenvalue weighted by Gasteiger charge is 2.20. The highest BCUT2D eigenvalue weighted by atomic mass is 32.1. The Morgan fingerprint density at radius 1 is 1.14 bits per heavy atom. The van der Waals surface area contributed by atoms with Crippen LogP contribution < -0.4 is 20.9 Å². The zero-order valence-electron chi connectivity index (χ0n) is 19.0. The van der Waals surface area contributed by atoms with Gasteiger partial charge >= 0.3 is 5.56 Å². The fourth-order valence-corrected chi connectivity index (χ4v) is 5.80. The van der Waals surface area contributed by atoms with E-state index in [1.807, 2.05) is 5.38 Å². The minimum atomic E-state index is -0.759. The number of piperidine rings is 1. The lowest BCUT2D eigenvalue weighted by Crippen LogP contribution is -2.33. The number of aromatic nitrogens is 4. The van der Waals surface area contributed by atoms with Gasteiger partial charge in [-0.25, -0.2) is 23.7 Å². The van der Waals surface area contributed by atoms with Crippen LogP contribution in [0.4, 0.5) is 19.9 Å². The molecule has 1 saturated heterocycles. The number of nitrogens with one attached hydrogen (secondary N) is 2. The molecule has 0 amide bonds. The summed E-state index contributed by atoms with van der Waals surface area (Å²) in [5, 5.41) is 8.93. The second kappa shape index (κ2) is 9.51. The lowest BCUT2D eigenvalue weighted by atomic mass is 9.96. The van der Waals surface area contributed by atoms with Crippen LogP contribution in [0.1, 0.15) is 44.3 Å². The first-order valence-electron chi connectivity index (χ1n) is 11.2. The molecule has 3 aromatic heterocycles. The van der Waals surface area contributed by atoms with Gasteiger partial charge in [0.15, 0.2) is 10.9 Å². The van der Waals surface area contributed by atoms with Crippen molar-refractivity contribution in [2.75, 3.05) is 18.4 Å². The van der Waals surface area contributed by atoms with Crippen LogP contribution in [0.3, 0.4) is 0 Å². The molecule has 0 aliphatic carbocycles. The highest BCUT2D eigenvalue weighted by Crippen LogP contribution is 2.31. The Hall–Kier alpha value is -3.09. The minimum Gasteiger partial charge on any atom is -0.317 e. The molecule has 5 rings (SSSR count). The molecule has 0 spiro atoms. The predicted molar refractivity (Wildman–Crippen MR) is 134 cm³/mol. The summed E-state index contributed by atoms with van der Waals surface area (Å²) >= 11 is 1.95. The number of benzene rings is 1. The van der Waals surface area contributed by atoms with E-state index < -0.39 is 28.0 Å². The topological polar surface area (TPSA) is 102 Å². The molecule has 1 aliphatic heterocycles. The monoisotopic (exact) mass is 516 g/mol. The third-order valence-electron chi connectivity index (χ3n) is 5.90. The molecule has 4 heterocycles. The number of hydrogen-bond acceptors (Lipinski definition) is 9. The predicted octanol–water partition coefficient (Wildman–Crippen LogP) is 4.41. The van der Waals surface area contributed by atoms with Crippen LogP contribution in [0.5, 0.6) is 0 Å². The maximum Gasteiger partial charge on any atom is 0.309 e. The quantitative estimate of drug-likeness (QED) is 0.379. The Morgan fingerprint density at radius 2 is 1.91 bits per heavy atom. The molecule has 35 heavy (non-hydrogen) atoms. The van der Waals surface area contributed by atoms with Crippen molar-refractivity contribution in [1.29, 1.82) is 0 Å². The zero-order chi connectivity index (χ0) is 24.7. The van der Waals surface area contributed by atoms with E-state index in [2.05, 4.69) is 25.6 Å². The Labute approximate surface area is 206 Å². The van der Waals surface area contributed by atoms with Crippen LogP contribution in [0, 0.1) is 11.6 Å². The minimum absolute atomic E-state index is 0.0353. The zero-order valence-corrected chi connectivity index (χ0v) is 20.6. The number of anilines is 2. The molecule has 0 saturated carbocycles. The fourth-order valence-electron chi connectivity index (χ4n) is 4.23. The van der Waals surface area contributed by atoms with Crippen molar-refractivity contribution in [3.63, 3.8) is 0 Å². The summed E-state index contributed by atoms with van der Waals surface area (Å²) < 4.78 is 30.3. The van der Waals surface area contributed by atoms with Gasteiger partial charge in [-0.05, 0) is 51.9 Å².